The van der Waals surface area contributed by atoms with Gasteiger partial charge in [-0.3, -0.25) is 4.98 Å². The van der Waals surface area contributed by atoms with E-state index >= 15 is 0 Å². The van der Waals surface area contributed by atoms with E-state index in [1.807, 2.05) is 6.07 Å². The van der Waals surface area contributed by atoms with Crippen LogP contribution >= 0.6 is 0 Å². The lowest BCUT2D eigenvalue weighted by Crippen LogP contribution is -2.33. The molecule has 0 radical (unpaired) electrons. The van der Waals surface area contributed by atoms with E-state index in [2.05, 4.69) is 4.98 Å². The molecule has 0 unspecified atom stereocenters. The summed E-state index contributed by atoms with van der Waals surface area (Å²) >= 11 is 0. The second-order valence-electron chi connectivity index (χ2n) is 4.07. The summed E-state index contributed by atoms with van der Waals surface area (Å²) in [5.41, 5.74) is 0. The molecule has 1 heterocycles. The molecule has 2 aromatic rings. The first-order valence-electron chi connectivity index (χ1n) is 6.05. The van der Waals surface area contributed by atoms with Gasteiger partial charge >= 0.3 is 0 Å². The molecule has 0 saturated carbocycles. The molecule has 0 spiro atoms. The van der Waals surface area contributed by atoms with Gasteiger partial charge in [0.05, 0.1) is 11.5 Å². The predicted octanol–water partition coefficient (Wildman–Crippen LogP) is 1.24. The highest BCUT2D eigenvalue weighted by molar-refractivity contribution is 7.89. The third kappa shape index (κ3) is 2.60. The first-order chi connectivity index (χ1) is 9.11. The number of hydrogen-bond donors (Lipinski definition) is 1. The summed E-state index contributed by atoms with van der Waals surface area (Å²) in [6.45, 7) is 1.98. The number of sulfonamides is 1. The topological polar surface area (TPSA) is 70.5 Å². The molecule has 19 heavy (non-hydrogen) atoms. The number of pyridine rings is 1. The summed E-state index contributed by atoms with van der Waals surface area (Å²) in [5, 5.41) is 10.4. The average Bonchev–Trinajstić information content (AvgIpc) is 2.43. The maximum absolute atomic E-state index is 12.6. The lowest BCUT2D eigenvalue weighted by atomic mass is 10.2. The van der Waals surface area contributed by atoms with Gasteiger partial charge in [-0.15, -0.1) is 0 Å². The molecule has 1 aromatic heterocycles. The van der Waals surface area contributed by atoms with E-state index < -0.39 is 10.0 Å². The number of hydrogen-bond acceptors (Lipinski definition) is 4. The number of aromatic nitrogens is 1. The molecule has 6 heteroatoms. The van der Waals surface area contributed by atoms with Crippen LogP contribution in [0, 0.1) is 0 Å². The van der Waals surface area contributed by atoms with E-state index in [0.29, 0.717) is 11.9 Å². The zero-order valence-corrected chi connectivity index (χ0v) is 11.5. The monoisotopic (exact) mass is 280 g/mol. The number of likely N-dealkylation sites (N-methyl/N-ethyl adjacent to an activating group) is 1. The van der Waals surface area contributed by atoms with Gasteiger partial charge in [0.2, 0.25) is 10.0 Å². The van der Waals surface area contributed by atoms with Crippen molar-refractivity contribution in [2.75, 3.05) is 19.7 Å². The number of benzene rings is 1. The normalized spacial score (nSPS) is 12.2. The van der Waals surface area contributed by atoms with E-state index in [0.717, 1.165) is 5.39 Å². The standard InChI is InChI=1S/C13H16N2O3S/c1-2-15(8-9-16)19(17,18)13-5-3-4-11-10-14-7-6-12(11)13/h3-7,10,16H,2,8-9H2,1H3. The minimum absolute atomic E-state index is 0.0975. The largest absolute Gasteiger partial charge is 0.395 e. The van der Waals surface area contributed by atoms with E-state index in [1.165, 1.54) is 4.31 Å². The Morgan fingerprint density at radius 2 is 2.11 bits per heavy atom. The number of nitrogens with zero attached hydrogens (tertiary/aromatic N) is 2. The van der Waals surface area contributed by atoms with Gasteiger partial charge in [-0.2, -0.15) is 4.31 Å². The fourth-order valence-electron chi connectivity index (χ4n) is 2.02. The molecule has 0 bridgehead atoms. The summed E-state index contributed by atoms with van der Waals surface area (Å²) < 4.78 is 26.4. The lowest BCUT2D eigenvalue weighted by molar-refractivity contribution is 0.257. The van der Waals surface area contributed by atoms with Crippen molar-refractivity contribution in [2.24, 2.45) is 0 Å². The quantitative estimate of drug-likeness (QED) is 0.894. The highest BCUT2D eigenvalue weighted by Gasteiger charge is 2.24. The van der Waals surface area contributed by atoms with E-state index in [4.69, 9.17) is 5.11 Å². The van der Waals surface area contributed by atoms with Gasteiger partial charge in [-0.25, -0.2) is 8.42 Å². The van der Waals surface area contributed by atoms with E-state index in [1.54, 1.807) is 37.5 Å². The second-order valence-corrected chi connectivity index (χ2v) is 5.98. The molecule has 102 valence electrons. The van der Waals surface area contributed by atoms with Crippen molar-refractivity contribution in [3.8, 4) is 0 Å². The fourth-order valence-corrected chi connectivity index (χ4v) is 3.67. The maximum atomic E-state index is 12.6. The van der Waals surface area contributed by atoms with Crippen LogP contribution < -0.4 is 0 Å². The van der Waals surface area contributed by atoms with Crippen molar-refractivity contribution in [1.29, 1.82) is 0 Å². The van der Waals surface area contributed by atoms with Crippen LogP contribution in [0.3, 0.4) is 0 Å². The fraction of sp³-hybridized carbons (Fsp3) is 0.308. The molecule has 0 aliphatic rings. The first-order valence-corrected chi connectivity index (χ1v) is 7.49. The van der Waals surface area contributed by atoms with E-state index in [9.17, 15) is 8.42 Å². The van der Waals surface area contributed by atoms with Crippen LogP contribution in [-0.4, -0.2) is 42.5 Å². The van der Waals surface area contributed by atoms with Gasteiger partial charge in [0.25, 0.3) is 0 Å². The summed E-state index contributed by atoms with van der Waals surface area (Å²) in [5.74, 6) is 0. The van der Waals surface area contributed by atoms with E-state index in [-0.39, 0.29) is 18.0 Å². The molecule has 0 aliphatic heterocycles. The summed E-state index contributed by atoms with van der Waals surface area (Å²) in [6, 6.07) is 6.79. The van der Waals surface area contributed by atoms with Crippen LogP contribution in [0.2, 0.25) is 0 Å². The van der Waals surface area contributed by atoms with Crippen LogP contribution in [-0.2, 0) is 10.0 Å². The summed E-state index contributed by atoms with van der Waals surface area (Å²) in [6.07, 6.45) is 3.21. The minimum atomic E-state index is -3.59. The molecule has 0 atom stereocenters. The summed E-state index contributed by atoms with van der Waals surface area (Å²) in [4.78, 5) is 4.24. The molecule has 0 amide bonds. The van der Waals surface area contributed by atoms with Crippen molar-refractivity contribution in [2.45, 2.75) is 11.8 Å². The van der Waals surface area contributed by atoms with Gasteiger partial charge in [-0.05, 0) is 12.1 Å². The Bertz CT molecular complexity index is 665. The molecular weight excluding hydrogens is 264 g/mol. The van der Waals surface area contributed by atoms with Crippen LogP contribution in [0.25, 0.3) is 10.8 Å². The van der Waals surface area contributed by atoms with Crippen molar-refractivity contribution < 1.29 is 13.5 Å². The van der Waals surface area contributed by atoms with Crippen molar-refractivity contribution in [3.63, 3.8) is 0 Å². The second kappa shape index (κ2) is 5.64. The zero-order chi connectivity index (χ0) is 13.9. The molecule has 5 nitrogen and oxygen atoms in total. The first kappa shape index (κ1) is 13.9. The Morgan fingerprint density at radius 1 is 1.32 bits per heavy atom. The maximum Gasteiger partial charge on any atom is 0.243 e. The third-order valence-electron chi connectivity index (χ3n) is 2.96. The molecule has 2 rings (SSSR count). The van der Waals surface area contributed by atoms with Crippen molar-refractivity contribution in [1.82, 2.24) is 9.29 Å². The van der Waals surface area contributed by atoms with Gasteiger partial charge in [0.15, 0.2) is 0 Å². The Morgan fingerprint density at radius 3 is 2.79 bits per heavy atom. The number of aliphatic hydroxyl groups excluding tert-OH is 1. The highest BCUT2D eigenvalue weighted by Crippen LogP contribution is 2.24. The SMILES string of the molecule is CCN(CCO)S(=O)(=O)c1cccc2cnccc12. The predicted molar refractivity (Wildman–Crippen MR) is 73.3 cm³/mol. The molecule has 0 fully saturated rings. The molecule has 1 aromatic carbocycles. The van der Waals surface area contributed by atoms with Crippen molar-refractivity contribution >= 4 is 20.8 Å². The number of rotatable bonds is 5. The van der Waals surface area contributed by atoms with Crippen LogP contribution in [0.1, 0.15) is 6.92 Å². The highest BCUT2D eigenvalue weighted by atomic mass is 32.2. The van der Waals surface area contributed by atoms with Gasteiger partial charge in [0.1, 0.15) is 0 Å². The summed E-state index contributed by atoms with van der Waals surface area (Å²) in [7, 11) is -3.59. The molecular formula is C13H16N2O3S. The Kier molecular flexibility index (Phi) is 4.14. The third-order valence-corrected chi connectivity index (χ3v) is 4.99. The average molecular weight is 280 g/mol. The van der Waals surface area contributed by atoms with Crippen LogP contribution in [0.5, 0.6) is 0 Å². The van der Waals surface area contributed by atoms with Gasteiger partial charge in [-0.1, -0.05) is 19.1 Å². The Balaban J connectivity index is 2.60. The van der Waals surface area contributed by atoms with Crippen LogP contribution in [0.15, 0.2) is 41.6 Å². The van der Waals surface area contributed by atoms with Crippen LogP contribution in [0.4, 0.5) is 0 Å². The lowest BCUT2D eigenvalue weighted by Gasteiger charge is -2.20. The number of aliphatic hydroxyl groups is 1. The van der Waals surface area contributed by atoms with Gasteiger partial charge in [0, 0.05) is 36.3 Å². The smallest absolute Gasteiger partial charge is 0.243 e. The van der Waals surface area contributed by atoms with Crippen molar-refractivity contribution in [3.05, 3.63) is 36.7 Å². The molecule has 1 N–H and O–H groups in total. The Hall–Kier alpha value is -1.50. The van der Waals surface area contributed by atoms with Gasteiger partial charge < -0.3 is 5.11 Å². The number of fused-ring (bicyclic) bond motifs is 1. The molecule has 0 aliphatic carbocycles. The minimum Gasteiger partial charge on any atom is -0.395 e. The Labute approximate surface area is 112 Å². The zero-order valence-electron chi connectivity index (χ0n) is 10.7. The molecule has 0 saturated heterocycles.